The number of benzene rings is 1. The molecule has 0 unspecified atom stereocenters. The molecular formula is C13H19IN2O3. The van der Waals surface area contributed by atoms with Crippen molar-refractivity contribution in [2.24, 2.45) is 0 Å². The van der Waals surface area contributed by atoms with E-state index in [1.54, 1.807) is 19.1 Å². The quantitative estimate of drug-likeness (QED) is 0.742. The van der Waals surface area contributed by atoms with Crippen LogP contribution in [0.4, 0.5) is 10.5 Å². The normalized spacial score (nSPS) is 10.3. The predicted octanol–water partition coefficient (Wildman–Crippen LogP) is 2.42. The highest BCUT2D eigenvalue weighted by Gasteiger charge is 2.13. The zero-order valence-corrected chi connectivity index (χ0v) is 13.3. The van der Waals surface area contributed by atoms with E-state index >= 15 is 0 Å². The molecular weight excluding hydrogens is 359 g/mol. The predicted molar refractivity (Wildman–Crippen MR) is 83.5 cm³/mol. The van der Waals surface area contributed by atoms with Crippen LogP contribution in [0.2, 0.25) is 0 Å². The molecule has 0 aliphatic heterocycles. The largest absolute Gasteiger partial charge is 0.383 e. The van der Waals surface area contributed by atoms with Gasteiger partial charge in [-0.15, -0.1) is 0 Å². The molecule has 0 bridgehead atoms. The van der Waals surface area contributed by atoms with Crippen LogP contribution in [0, 0.1) is 3.57 Å². The van der Waals surface area contributed by atoms with E-state index < -0.39 is 0 Å². The van der Waals surface area contributed by atoms with Gasteiger partial charge in [-0.05, 0) is 34.7 Å². The van der Waals surface area contributed by atoms with Crippen LogP contribution >= 0.6 is 22.6 Å². The SMILES string of the molecule is COCCN(CCOC)C(=O)Nc1ccccc1I. The van der Waals surface area contributed by atoms with Crippen LogP contribution in [0.5, 0.6) is 0 Å². The number of para-hydroxylation sites is 1. The number of hydrogen-bond donors (Lipinski definition) is 1. The third-order valence-corrected chi connectivity index (χ3v) is 3.47. The average molecular weight is 378 g/mol. The highest BCUT2D eigenvalue weighted by Crippen LogP contribution is 2.17. The molecule has 106 valence electrons. The molecule has 0 saturated heterocycles. The molecule has 2 amide bonds. The second-order valence-electron chi connectivity index (χ2n) is 3.88. The average Bonchev–Trinajstić information content (AvgIpc) is 2.41. The fourth-order valence-corrected chi connectivity index (χ4v) is 2.00. The summed E-state index contributed by atoms with van der Waals surface area (Å²) < 4.78 is 11.0. The van der Waals surface area contributed by atoms with Gasteiger partial charge in [0.1, 0.15) is 0 Å². The van der Waals surface area contributed by atoms with Gasteiger partial charge in [0, 0.05) is 30.9 Å². The summed E-state index contributed by atoms with van der Waals surface area (Å²) in [7, 11) is 3.24. The molecule has 1 N–H and O–H groups in total. The van der Waals surface area contributed by atoms with Crippen LogP contribution < -0.4 is 5.32 Å². The molecule has 0 spiro atoms. The fourth-order valence-electron chi connectivity index (χ4n) is 1.47. The number of carbonyl (C=O) groups excluding carboxylic acids is 1. The van der Waals surface area contributed by atoms with Crippen LogP contribution in [0.25, 0.3) is 0 Å². The van der Waals surface area contributed by atoms with Crippen molar-refractivity contribution in [2.45, 2.75) is 0 Å². The number of hydrogen-bond acceptors (Lipinski definition) is 3. The van der Waals surface area contributed by atoms with E-state index in [1.165, 1.54) is 0 Å². The van der Waals surface area contributed by atoms with Crippen molar-refractivity contribution in [3.63, 3.8) is 0 Å². The zero-order chi connectivity index (χ0) is 14.1. The minimum absolute atomic E-state index is 0.141. The van der Waals surface area contributed by atoms with Gasteiger partial charge in [0.25, 0.3) is 0 Å². The van der Waals surface area contributed by atoms with Gasteiger partial charge >= 0.3 is 6.03 Å². The lowest BCUT2D eigenvalue weighted by atomic mass is 10.3. The first kappa shape index (κ1) is 16.2. The molecule has 0 aliphatic carbocycles. The lowest BCUT2D eigenvalue weighted by Gasteiger charge is -2.22. The van der Waals surface area contributed by atoms with Crippen molar-refractivity contribution in [1.82, 2.24) is 4.90 Å². The van der Waals surface area contributed by atoms with E-state index in [4.69, 9.17) is 9.47 Å². The van der Waals surface area contributed by atoms with Crippen molar-refractivity contribution in [3.05, 3.63) is 27.8 Å². The highest BCUT2D eigenvalue weighted by atomic mass is 127. The van der Waals surface area contributed by atoms with E-state index in [0.29, 0.717) is 26.3 Å². The van der Waals surface area contributed by atoms with Gasteiger partial charge in [-0.1, -0.05) is 12.1 Å². The fraction of sp³-hybridized carbons (Fsp3) is 0.462. The van der Waals surface area contributed by atoms with E-state index in [2.05, 4.69) is 27.9 Å². The molecule has 5 nitrogen and oxygen atoms in total. The van der Waals surface area contributed by atoms with Gasteiger partial charge in [-0.3, -0.25) is 0 Å². The van der Waals surface area contributed by atoms with Gasteiger partial charge in [0.2, 0.25) is 0 Å². The molecule has 0 aliphatic rings. The second-order valence-corrected chi connectivity index (χ2v) is 5.04. The topological polar surface area (TPSA) is 50.8 Å². The highest BCUT2D eigenvalue weighted by molar-refractivity contribution is 14.1. The summed E-state index contributed by atoms with van der Waals surface area (Å²) in [4.78, 5) is 13.9. The Bertz CT molecular complexity index is 393. The maximum absolute atomic E-state index is 12.2. The van der Waals surface area contributed by atoms with Crippen LogP contribution in [-0.2, 0) is 9.47 Å². The minimum Gasteiger partial charge on any atom is -0.383 e. The number of halogens is 1. The summed E-state index contributed by atoms with van der Waals surface area (Å²) >= 11 is 2.19. The van der Waals surface area contributed by atoms with Crippen molar-refractivity contribution in [2.75, 3.05) is 45.8 Å². The molecule has 0 atom stereocenters. The summed E-state index contributed by atoms with van der Waals surface area (Å²) in [5.74, 6) is 0. The Kier molecular flexibility index (Phi) is 7.76. The van der Waals surface area contributed by atoms with Crippen LogP contribution in [0.15, 0.2) is 24.3 Å². The van der Waals surface area contributed by atoms with Crippen molar-refractivity contribution in [1.29, 1.82) is 0 Å². The number of urea groups is 1. The number of carbonyl (C=O) groups is 1. The zero-order valence-electron chi connectivity index (χ0n) is 11.2. The summed E-state index contributed by atoms with van der Waals surface area (Å²) in [5.41, 5.74) is 0.813. The number of methoxy groups -OCH3 is 2. The van der Waals surface area contributed by atoms with Crippen LogP contribution in [0.3, 0.4) is 0 Å². The lowest BCUT2D eigenvalue weighted by molar-refractivity contribution is 0.127. The van der Waals surface area contributed by atoms with Gasteiger partial charge in [-0.2, -0.15) is 0 Å². The Morgan fingerprint density at radius 2 is 1.79 bits per heavy atom. The maximum atomic E-state index is 12.2. The number of ether oxygens (including phenoxy) is 2. The number of anilines is 1. The van der Waals surface area contributed by atoms with E-state index in [9.17, 15) is 4.79 Å². The van der Waals surface area contributed by atoms with Crippen molar-refractivity contribution >= 4 is 34.3 Å². The number of rotatable bonds is 7. The van der Waals surface area contributed by atoms with Crippen molar-refractivity contribution < 1.29 is 14.3 Å². The Hall–Kier alpha value is -0.860. The van der Waals surface area contributed by atoms with E-state index in [1.807, 2.05) is 24.3 Å². The second kappa shape index (κ2) is 9.11. The molecule has 0 heterocycles. The van der Waals surface area contributed by atoms with Crippen molar-refractivity contribution in [3.8, 4) is 0 Å². The number of nitrogens with zero attached hydrogens (tertiary/aromatic N) is 1. The minimum atomic E-state index is -0.141. The molecule has 1 aromatic rings. The molecule has 0 fully saturated rings. The van der Waals surface area contributed by atoms with Crippen LogP contribution in [-0.4, -0.2) is 51.5 Å². The summed E-state index contributed by atoms with van der Waals surface area (Å²) in [6, 6.07) is 7.52. The lowest BCUT2D eigenvalue weighted by Crippen LogP contribution is -2.39. The molecule has 1 rings (SSSR count). The summed E-state index contributed by atoms with van der Waals surface area (Å²) in [5, 5.41) is 2.90. The Morgan fingerprint density at radius 1 is 1.21 bits per heavy atom. The first-order valence-corrected chi connectivity index (χ1v) is 7.05. The molecule has 0 saturated carbocycles. The Balaban J connectivity index is 2.62. The van der Waals surface area contributed by atoms with Gasteiger partial charge in [-0.25, -0.2) is 4.79 Å². The molecule has 0 radical (unpaired) electrons. The summed E-state index contributed by atoms with van der Waals surface area (Å²) in [6.45, 7) is 2.08. The Morgan fingerprint density at radius 3 is 2.32 bits per heavy atom. The smallest absolute Gasteiger partial charge is 0.322 e. The third kappa shape index (κ3) is 5.75. The first-order valence-electron chi connectivity index (χ1n) is 5.97. The molecule has 1 aromatic carbocycles. The summed E-state index contributed by atoms with van der Waals surface area (Å²) in [6.07, 6.45) is 0. The van der Waals surface area contributed by atoms with Gasteiger partial charge < -0.3 is 19.7 Å². The number of amides is 2. The standard InChI is InChI=1S/C13H19IN2O3/c1-18-9-7-16(8-10-19-2)13(17)15-12-6-4-3-5-11(12)14/h3-6H,7-10H2,1-2H3,(H,15,17). The van der Waals surface area contributed by atoms with Gasteiger partial charge in [0.15, 0.2) is 0 Å². The van der Waals surface area contributed by atoms with E-state index in [-0.39, 0.29) is 6.03 Å². The van der Waals surface area contributed by atoms with E-state index in [0.717, 1.165) is 9.26 Å². The molecule has 19 heavy (non-hydrogen) atoms. The monoisotopic (exact) mass is 378 g/mol. The third-order valence-electron chi connectivity index (χ3n) is 2.53. The maximum Gasteiger partial charge on any atom is 0.322 e. The molecule has 6 heteroatoms. The first-order chi connectivity index (χ1) is 9.19. The van der Waals surface area contributed by atoms with Gasteiger partial charge in [0.05, 0.1) is 18.9 Å². The number of nitrogens with one attached hydrogen (secondary N) is 1. The Labute approximate surface area is 127 Å². The van der Waals surface area contributed by atoms with Crippen LogP contribution in [0.1, 0.15) is 0 Å². The molecule has 0 aromatic heterocycles.